The summed E-state index contributed by atoms with van der Waals surface area (Å²) < 4.78 is 0. The van der Waals surface area contributed by atoms with Crippen LogP contribution in [-0.2, 0) is 0 Å². The first-order chi connectivity index (χ1) is 7.70. The first-order valence-corrected chi connectivity index (χ1v) is 6.87. The van der Waals surface area contributed by atoms with E-state index in [9.17, 15) is 5.11 Å². The Labute approximate surface area is 99.4 Å². The fraction of sp³-hybridized carbons (Fsp3) is 1.00. The molecule has 16 heavy (non-hydrogen) atoms. The summed E-state index contributed by atoms with van der Waals surface area (Å²) in [4.78, 5) is 5.14. The van der Waals surface area contributed by atoms with Gasteiger partial charge in [-0.25, -0.2) is 0 Å². The second kappa shape index (κ2) is 5.48. The van der Waals surface area contributed by atoms with Crippen LogP contribution in [0.15, 0.2) is 0 Å². The van der Waals surface area contributed by atoms with Gasteiger partial charge in [-0.15, -0.1) is 0 Å². The maximum Gasteiger partial charge on any atom is 0.0664 e. The maximum atomic E-state index is 9.77. The highest BCUT2D eigenvalue weighted by molar-refractivity contribution is 4.89. The Bertz CT molecular complexity index is 222. The molecule has 3 unspecified atom stereocenters. The molecule has 0 amide bonds. The average molecular weight is 226 g/mol. The molecule has 2 aliphatic heterocycles. The molecule has 0 aromatic rings. The van der Waals surface area contributed by atoms with Crippen molar-refractivity contribution in [1.29, 1.82) is 0 Å². The van der Waals surface area contributed by atoms with Gasteiger partial charge in [0.1, 0.15) is 0 Å². The molecule has 0 radical (unpaired) electrons. The third-order valence-electron chi connectivity index (χ3n) is 4.23. The standard InChI is InChI=1S/C13H26N2O/c1-3-13(16)10-15-9-12-6-4-5-7-14(12)8-11(15)2/h11-13,16H,3-10H2,1-2H3. The van der Waals surface area contributed by atoms with E-state index in [0.717, 1.165) is 25.6 Å². The van der Waals surface area contributed by atoms with Crippen LogP contribution in [0.5, 0.6) is 0 Å². The number of β-amino-alcohol motifs (C(OH)–C–C–N with tert-alkyl or cyclic N) is 1. The predicted molar refractivity (Wildman–Crippen MR) is 66.5 cm³/mol. The van der Waals surface area contributed by atoms with Crippen LogP contribution in [0.2, 0.25) is 0 Å². The zero-order valence-corrected chi connectivity index (χ0v) is 10.7. The van der Waals surface area contributed by atoms with Crippen molar-refractivity contribution in [2.24, 2.45) is 0 Å². The van der Waals surface area contributed by atoms with Crippen molar-refractivity contribution < 1.29 is 5.11 Å². The molecule has 2 rings (SSSR count). The Hall–Kier alpha value is -0.120. The summed E-state index contributed by atoms with van der Waals surface area (Å²) in [6.45, 7) is 8.87. The third kappa shape index (κ3) is 2.76. The van der Waals surface area contributed by atoms with Gasteiger partial charge in [-0.1, -0.05) is 13.3 Å². The van der Waals surface area contributed by atoms with E-state index in [4.69, 9.17) is 0 Å². The van der Waals surface area contributed by atoms with Gasteiger partial charge in [0.05, 0.1) is 6.10 Å². The Balaban J connectivity index is 1.90. The van der Waals surface area contributed by atoms with Gasteiger partial charge in [0.25, 0.3) is 0 Å². The van der Waals surface area contributed by atoms with Gasteiger partial charge in [0.2, 0.25) is 0 Å². The molecule has 2 fully saturated rings. The van der Waals surface area contributed by atoms with Gasteiger partial charge >= 0.3 is 0 Å². The lowest BCUT2D eigenvalue weighted by Crippen LogP contribution is -2.59. The van der Waals surface area contributed by atoms with E-state index in [1.54, 1.807) is 0 Å². The number of aliphatic hydroxyl groups is 1. The molecule has 0 aromatic carbocycles. The number of aliphatic hydroxyl groups excluding tert-OH is 1. The molecule has 0 saturated carbocycles. The molecule has 0 aliphatic carbocycles. The summed E-state index contributed by atoms with van der Waals surface area (Å²) >= 11 is 0. The van der Waals surface area contributed by atoms with E-state index in [0.29, 0.717) is 6.04 Å². The van der Waals surface area contributed by atoms with Crippen LogP contribution in [0.3, 0.4) is 0 Å². The van der Waals surface area contributed by atoms with Crippen molar-refractivity contribution in [3.63, 3.8) is 0 Å². The Morgan fingerprint density at radius 1 is 1.31 bits per heavy atom. The minimum Gasteiger partial charge on any atom is -0.392 e. The van der Waals surface area contributed by atoms with Crippen LogP contribution in [0.1, 0.15) is 39.5 Å². The summed E-state index contributed by atoms with van der Waals surface area (Å²) in [5.41, 5.74) is 0. The molecule has 0 bridgehead atoms. The van der Waals surface area contributed by atoms with E-state index in [-0.39, 0.29) is 6.10 Å². The molecule has 2 aliphatic rings. The van der Waals surface area contributed by atoms with Crippen LogP contribution in [0.25, 0.3) is 0 Å². The quantitative estimate of drug-likeness (QED) is 0.786. The van der Waals surface area contributed by atoms with Gasteiger partial charge < -0.3 is 5.11 Å². The molecule has 0 aromatic heterocycles. The number of fused-ring (bicyclic) bond motifs is 1. The smallest absolute Gasteiger partial charge is 0.0664 e. The zero-order chi connectivity index (χ0) is 11.5. The van der Waals surface area contributed by atoms with Crippen LogP contribution in [0.4, 0.5) is 0 Å². The summed E-state index contributed by atoms with van der Waals surface area (Å²) in [5.74, 6) is 0. The lowest BCUT2D eigenvalue weighted by Gasteiger charge is -2.48. The maximum absolute atomic E-state index is 9.77. The monoisotopic (exact) mass is 226 g/mol. The van der Waals surface area contributed by atoms with E-state index >= 15 is 0 Å². The molecule has 2 saturated heterocycles. The summed E-state index contributed by atoms with van der Waals surface area (Å²) in [7, 11) is 0. The first kappa shape index (κ1) is 12.3. The lowest BCUT2D eigenvalue weighted by molar-refractivity contribution is -0.00757. The summed E-state index contributed by atoms with van der Waals surface area (Å²) in [6, 6.07) is 1.37. The summed E-state index contributed by atoms with van der Waals surface area (Å²) in [6.07, 6.45) is 4.85. The fourth-order valence-corrected chi connectivity index (χ4v) is 3.07. The number of rotatable bonds is 3. The molecule has 3 heteroatoms. The van der Waals surface area contributed by atoms with E-state index < -0.39 is 0 Å². The van der Waals surface area contributed by atoms with Gasteiger partial charge in [-0.3, -0.25) is 9.80 Å². The van der Waals surface area contributed by atoms with Crippen LogP contribution in [-0.4, -0.2) is 59.3 Å². The molecule has 94 valence electrons. The van der Waals surface area contributed by atoms with Gasteiger partial charge in [0.15, 0.2) is 0 Å². The molecule has 1 N–H and O–H groups in total. The van der Waals surface area contributed by atoms with E-state index in [1.165, 1.54) is 32.4 Å². The molecular formula is C13H26N2O. The van der Waals surface area contributed by atoms with Crippen molar-refractivity contribution in [2.45, 2.75) is 57.7 Å². The van der Waals surface area contributed by atoms with Gasteiger partial charge in [-0.2, -0.15) is 0 Å². The number of hydrogen-bond acceptors (Lipinski definition) is 3. The second-order valence-electron chi connectivity index (χ2n) is 5.51. The zero-order valence-electron chi connectivity index (χ0n) is 10.7. The minimum absolute atomic E-state index is 0.141. The molecular weight excluding hydrogens is 200 g/mol. The second-order valence-corrected chi connectivity index (χ2v) is 5.51. The predicted octanol–water partition coefficient (Wildman–Crippen LogP) is 1.32. The largest absolute Gasteiger partial charge is 0.392 e. The molecule has 3 nitrogen and oxygen atoms in total. The average Bonchev–Trinajstić information content (AvgIpc) is 2.30. The van der Waals surface area contributed by atoms with Crippen molar-refractivity contribution in [3.8, 4) is 0 Å². The number of nitrogens with zero attached hydrogens (tertiary/aromatic N) is 2. The van der Waals surface area contributed by atoms with Crippen LogP contribution in [0, 0.1) is 0 Å². The van der Waals surface area contributed by atoms with Crippen molar-refractivity contribution in [2.75, 3.05) is 26.2 Å². The highest BCUT2D eigenvalue weighted by Gasteiger charge is 2.33. The van der Waals surface area contributed by atoms with Crippen LogP contribution >= 0.6 is 0 Å². The topological polar surface area (TPSA) is 26.7 Å². The fourth-order valence-electron chi connectivity index (χ4n) is 3.07. The summed E-state index contributed by atoms with van der Waals surface area (Å²) in [5, 5.41) is 9.77. The molecule has 2 heterocycles. The van der Waals surface area contributed by atoms with Crippen molar-refractivity contribution in [3.05, 3.63) is 0 Å². The SMILES string of the molecule is CCC(O)CN1CC2CCCCN2CC1C. The van der Waals surface area contributed by atoms with Gasteiger partial charge in [-0.05, 0) is 32.7 Å². The van der Waals surface area contributed by atoms with E-state index in [2.05, 4.69) is 23.6 Å². The Morgan fingerprint density at radius 2 is 2.12 bits per heavy atom. The normalized spacial score (nSPS) is 34.7. The number of piperazine rings is 1. The first-order valence-electron chi connectivity index (χ1n) is 6.87. The van der Waals surface area contributed by atoms with E-state index in [1.807, 2.05) is 0 Å². The number of hydrogen-bond donors (Lipinski definition) is 1. The van der Waals surface area contributed by atoms with Crippen LogP contribution < -0.4 is 0 Å². The minimum atomic E-state index is -0.141. The highest BCUT2D eigenvalue weighted by atomic mass is 16.3. The number of piperidine rings is 1. The Kier molecular flexibility index (Phi) is 4.22. The highest BCUT2D eigenvalue weighted by Crippen LogP contribution is 2.24. The van der Waals surface area contributed by atoms with Crippen molar-refractivity contribution >= 4 is 0 Å². The molecule has 3 atom stereocenters. The van der Waals surface area contributed by atoms with Crippen molar-refractivity contribution in [1.82, 2.24) is 9.80 Å². The third-order valence-corrected chi connectivity index (χ3v) is 4.23. The molecule has 0 spiro atoms. The Morgan fingerprint density at radius 3 is 2.88 bits per heavy atom. The van der Waals surface area contributed by atoms with Gasteiger partial charge in [0, 0.05) is 31.7 Å². The lowest BCUT2D eigenvalue weighted by atomic mass is 9.97.